The molecule has 0 aliphatic carbocycles. The average Bonchev–Trinajstić information content (AvgIpc) is 3.19. The van der Waals surface area contributed by atoms with E-state index in [1.807, 2.05) is 12.3 Å². The number of hydrogen-bond donors (Lipinski definition) is 0. The molecule has 1 atom stereocenters. The maximum atomic E-state index is 5.55. The van der Waals surface area contributed by atoms with Gasteiger partial charge in [0.15, 0.2) is 5.65 Å². The van der Waals surface area contributed by atoms with Crippen molar-refractivity contribution in [2.75, 3.05) is 33.4 Å². The highest BCUT2D eigenvalue weighted by Crippen LogP contribution is 2.25. The lowest BCUT2D eigenvalue weighted by molar-refractivity contribution is 0.184. The molecule has 2 aromatic rings. The van der Waals surface area contributed by atoms with E-state index in [0.29, 0.717) is 5.92 Å². The van der Waals surface area contributed by atoms with Gasteiger partial charge in [-0.1, -0.05) is 0 Å². The second-order valence-electron chi connectivity index (χ2n) is 7.17. The van der Waals surface area contributed by atoms with E-state index in [1.54, 1.807) is 0 Å². The van der Waals surface area contributed by atoms with E-state index in [1.165, 1.54) is 31.8 Å². The van der Waals surface area contributed by atoms with Gasteiger partial charge in [-0.3, -0.25) is 0 Å². The Morgan fingerprint density at radius 1 is 1.22 bits per heavy atom. The fourth-order valence-corrected chi connectivity index (χ4v) is 3.86. The maximum Gasteiger partial charge on any atom is 0.159 e. The highest BCUT2D eigenvalue weighted by atomic mass is 16.5. The molecular weight excluding hydrogens is 288 g/mol. The van der Waals surface area contributed by atoms with E-state index in [-0.39, 0.29) is 0 Å². The second-order valence-corrected chi connectivity index (χ2v) is 7.17. The number of aromatic nitrogens is 3. The molecule has 0 amide bonds. The lowest BCUT2D eigenvalue weighted by Crippen LogP contribution is -2.32. The molecule has 0 saturated carbocycles. The summed E-state index contributed by atoms with van der Waals surface area (Å²) in [7, 11) is 2.22. The lowest BCUT2D eigenvalue weighted by atomic mass is 9.97. The molecule has 4 heterocycles. The van der Waals surface area contributed by atoms with Crippen molar-refractivity contribution in [2.45, 2.75) is 32.2 Å². The van der Waals surface area contributed by atoms with Crippen molar-refractivity contribution in [1.82, 2.24) is 19.4 Å². The smallest absolute Gasteiger partial charge is 0.159 e. The molecule has 1 unspecified atom stereocenters. The molecular formula is C18H26N4O. The average molecular weight is 314 g/mol. The van der Waals surface area contributed by atoms with Crippen LogP contribution in [0.1, 0.15) is 25.1 Å². The quantitative estimate of drug-likeness (QED) is 0.869. The summed E-state index contributed by atoms with van der Waals surface area (Å²) in [6, 6.07) is 4.07. The number of hydrogen-bond acceptors (Lipinski definition) is 4. The second kappa shape index (κ2) is 6.57. The fraction of sp³-hybridized carbons (Fsp3) is 0.667. The van der Waals surface area contributed by atoms with Crippen LogP contribution in [0.25, 0.3) is 11.2 Å². The van der Waals surface area contributed by atoms with Gasteiger partial charge in [0.05, 0.1) is 0 Å². The minimum atomic E-state index is 0.614. The molecule has 0 radical (unpaired) electrons. The van der Waals surface area contributed by atoms with Gasteiger partial charge < -0.3 is 14.2 Å². The third-order valence-corrected chi connectivity index (χ3v) is 5.36. The van der Waals surface area contributed by atoms with Crippen molar-refractivity contribution in [3.05, 3.63) is 24.2 Å². The van der Waals surface area contributed by atoms with E-state index >= 15 is 0 Å². The molecule has 4 rings (SSSR count). The number of likely N-dealkylation sites (tertiary alicyclic amines) is 1. The van der Waals surface area contributed by atoms with Gasteiger partial charge in [-0.2, -0.15) is 0 Å². The van der Waals surface area contributed by atoms with E-state index in [0.717, 1.165) is 49.7 Å². The van der Waals surface area contributed by atoms with Crippen molar-refractivity contribution in [2.24, 2.45) is 11.8 Å². The summed E-state index contributed by atoms with van der Waals surface area (Å²) in [5.74, 6) is 2.56. The number of rotatable bonds is 4. The summed E-state index contributed by atoms with van der Waals surface area (Å²) >= 11 is 0. The highest BCUT2D eigenvalue weighted by molar-refractivity contribution is 5.71. The van der Waals surface area contributed by atoms with E-state index in [9.17, 15) is 0 Å². The number of piperidine rings is 1. The first-order valence-corrected chi connectivity index (χ1v) is 8.86. The zero-order valence-corrected chi connectivity index (χ0v) is 13.9. The Morgan fingerprint density at radius 2 is 2.09 bits per heavy atom. The van der Waals surface area contributed by atoms with Crippen molar-refractivity contribution >= 4 is 11.2 Å². The van der Waals surface area contributed by atoms with E-state index in [2.05, 4.69) is 27.6 Å². The molecule has 23 heavy (non-hydrogen) atoms. The molecule has 0 aromatic carbocycles. The van der Waals surface area contributed by atoms with Gasteiger partial charge in [-0.25, -0.2) is 9.97 Å². The molecule has 0 N–H and O–H groups in total. The summed E-state index contributed by atoms with van der Waals surface area (Å²) < 4.78 is 7.94. The van der Waals surface area contributed by atoms with Gasteiger partial charge in [0, 0.05) is 32.4 Å². The Morgan fingerprint density at radius 3 is 2.87 bits per heavy atom. The van der Waals surface area contributed by atoms with E-state index in [4.69, 9.17) is 9.72 Å². The first-order valence-electron chi connectivity index (χ1n) is 8.86. The molecule has 5 nitrogen and oxygen atoms in total. The number of imidazole rings is 1. The molecule has 0 spiro atoms. The number of pyridine rings is 1. The van der Waals surface area contributed by atoms with Crippen LogP contribution in [0.3, 0.4) is 0 Å². The first-order chi connectivity index (χ1) is 11.3. The molecule has 2 fully saturated rings. The van der Waals surface area contributed by atoms with Crippen LogP contribution in [0.2, 0.25) is 0 Å². The summed E-state index contributed by atoms with van der Waals surface area (Å²) in [6.07, 6.45) is 6.61. The Balaban J connectivity index is 1.59. The first kappa shape index (κ1) is 15.1. The van der Waals surface area contributed by atoms with Crippen LogP contribution in [0.4, 0.5) is 0 Å². The Bertz CT molecular complexity index is 654. The van der Waals surface area contributed by atoms with Gasteiger partial charge in [0.1, 0.15) is 11.3 Å². The predicted molar refractivity (Wildman–Crippen MR) is 90.4 cm³/mol. The summed E-state index contributed by atoms with van der Waals surface area (Å²) in [5, 5.41) is 0. The van der Waals surface area contributed by atoms with Crippen LogP contribution in [0.5, 0.6) is 0 Å². The summed E-state index contributed by atoms with van der Waals surface area (Å²) in [4.78, 5) is 11.9. The van der Waals surface area contributed by atoms with Crippen molar-refractivity contribution < 1.29 is 4.74 Å². The van der Waals surface area contributed by atoms with Gasteiger partial charge in [0.2, 0.25) is 0 Å². The van der Waals surface area contributed by atoms with Crippen molar-refractivity contribution in [3.8, 4) is 0 Å². The lowest BCUT2D eigenvalue weighted by Gasteiger charge is -2.29. The standard InChI is InChI=1S/C18H26N4O/c1-21-8-4-14(5-9-21)12-22-17(11-15-6-10-23-13-15)20-16-3-2-7-19-18(16)22/h2-3,7,14-15H,4-6,8-13H2,1H3. The molecule has 2 aromatic heterocycles. The van der Waals surface area contributed by atoms with Crippen LogP contribution in [-0.2, 0) is 17.7 Å². The van der Waals surface area contributed by atoms with Crippen LogP contribution >= 0.6 is 0 Å². The molecule has 2 aliphatic rings. The molecule has 0 bridgehead atoms. The zero-order valence-electron chi connectivity index (χ0n) is 13.9. The van der Waals surface area contributed by atoms with Crippen molar-refractivity contribution in [1.29, 1.82) is 0 Å². The zero-order chi connectivity index (χ0) is 15.6. The third kappa shape index (κ3) is 3.26. The van der Waals surface area contributed by atoms with Crippen molar-refractivity contribution in [3.63, 3.8) is 0 Å². The van der Waals surface area contributed by atoms with Crippen LogP contribution in [0, 0.1) is 11.8 Å². The Kier molecular flexibility index (Phi) is 4.31. The minimum Gasteiger partial charge on any atom is -0.381 e. The molecule has 2 aliphatic heterocycles. The fourth-order valence-electron chi connectivity index (χ4n) is 3.86. The summed E-state index contributed by atoms with van der Waals surface area (Å²) in [6.45, 7) is 5.25. The Labute approximate surface area is 137 Å². The number of ether oxygens (including phenoxy) is 1. The van der Waals surface area contributed by atoms with Gasteiger partial charge in [0.25, 0.3) is 0 Å². The third-order valence-electron chi connectivity index (χ3n) is 5.36. The summed E-state index contributed by atoms with van der Waals surface area (Å²) in [5.41, 5.74) is 2.09. The minimum absolute atomic E-state index is 0.614. The number of fused-ring (bicyclic) bond motifs is 1. The van der Waals surface area contributed by atoms with E-state index < -0.39 is 0 Å². The number of nitrogens with zero attached hydrogens (tertiary/aromatic N) is 4. The van der Waals surface area contributed by atoms with Gasteiger partial charge in [-0.05, 0) is 63.4 Å². The molecule has 5 heteroatoms. The monoisotopic (exact) mass is 314 g/mol. The molecule has 124 valence electrons. The van der Waals surface area contributed by atoms with Gasteiger partial charge >= 0.3 is 0 Å². The largest absolute Gasteiger partial charge is 0.381 e. The predicted octanol–water partition coefficient (Wildman–Crippen LogP) is 2.35. The SMILES string of the molecule is CN1CCC(Cn2c(CC3CCOC3)nc3cccnc32)CC1. The Hall–Kier alpha value is -1.46. The maximum absolute atomic E-state index is 5.55. The van der Waals surface area contributed by atoms with Crippen LogP contribution in [0.15, 0.2) is 18.3 Å². The van der Waals surface area contributed by atoms with Crippen LogP contribution in [-0.4, -0.2) is 52.8 Å². The topological polar surface area (TPSA) is 43.2 Å². The van der Waals surface area contributed by atoms with Gasteiger partial charge in [-0.15, -0.1) is 0 Å². The van der Waals surface area contributed by atoms with Crippen LogP contribution < -0.4 is 0 Å². The normalized spacial score (nSPS) is 23.8. The molecule has 2 saturated heterocycles. The highest BCUT2D eigenvalue weighted by Gasteiger charge is 2.23.